The zero-order valence-corrected chi connectivity index (χ0v) is 12.7. The van der Waals surface area contributed by atoms with Gasteiger partial charge in [-0.15, -0.1) is 5.10 Å². The number of hydrogen-bond acceptors (Lipinski definition) is 4. The van der Waals surface area contributed by atoms with Gasteiger partial charge in [-0.05, 0) is 33.1 Å². The molecule has 5 nitrogen and oxygen atoms in total. The van der Waals surface area contributed by atoms with Gasteiger partial charge < -0.3 is 10.5 Å². The van der Waals surface area contributed by atoms with E-state index in [0.29, 0.717) is 5.88 Å². The summed E-state index contributed by atoms with van der Waals surface area (Å²) in [5.74, 6) is 0.550. The Morgan fingerprint density at radius 1 is 1.24 bits per heavy atom. The standard InChI is InChI=1S/C15H13BrN4O/c16-12-8-18-13-5-6-14(19-20(12)13)21-11-7-9-3-1-2-4-10(9)15(11)17/h1-6,8,11,15H,7,17H2. The molecule has 1 aliphatic carbocycles. The SMILES string of the molecule is NC1c2ccccc2CC1Oc1ccc2ncc(Br)n2n1. The Morgan fingerprint density at radius 3 is 2.95 bits per heavy atom. The van der Waals surface area contributed by atoms with Crippen molar-refractivity contribution in [3.8, 4) is 5.88 Å². The minimum Gasteiger partial charge on any atom is -0.471 e. The van der Waals surface area contributed by atoms with Crippen LogP contribution in [0.5, 0.6) is 5.88 Å². The number of ether oxygens (including phenoxy) is 1. The second-order valence-electron chi connectivity index (χ2n) is 5.11. The van der Waals surface area contributed by atoms with E-state index in [-0.39, 0.29) is 12.1 Å². The van der Waals surface area contributed by atoms with Crippen LogP contribution in [0.1, 0.15) is 17.2 Å². The van der Waals surface area contributed by atoms with Gasteiger partial charge in [-0.3, -0.25) is 0 Å². The van der Waals surface area contributed by atoms with E-state index < -0.39 is 0 Å². The Bertz CT molecular complexity index is 816. The van der Waals surface area contributed by atoms with E-state index in [0.717, 1.165) is 22.2 Å². The molecular formula is C15H13BrN4O. The molecule has 2 heterocycles. The molecule has 1 aliphatic rings. The number of halogens is 1. The van der Waals surface area contributed by atoms with E-state index in [4.69, 9.17) is 10.5 Å². The van der Waals surface area contributed by atoms with Gasteiger partial charge >= 0.3 is 0 Å². The van der Waals surface area contributed by atoms with Crippen molar-refractivity contribution in [2.75, 3.05) is 0 Å². The van der Waals surface area contributed by atoms with E-state index in [9.17, 15) is 0 Å². The first-order valence-electron chi connectivity index (χ1n) is 6.73. The van der Waals surface area contributed by atoms with Crippen molar-refractivity contribution in [1.82, 2.24) is 14.6 Å². The first-order chi connectivity index (χ1) is 10.2. The molecule has 6 heteroatoms. The summed E-state index contributed by atoms with van der Waals surface area (Å²) < 4.78 is 8.49. The molecule has 2 atom stereocenters. The van der Waals surface area contributed by atoms with E-state index in [1.807, 2.05) is 24.3 Å². The summed E-state index contributed by atoms with van der Waals surface area (Å²) in [5, 5.41) is 4.43. The minimum absolute atomic E-state index is 0.0883. The van der Waals surface area contributed by atoms with Crippen LogP contribution in [0.2, 0.25) is 0 Å². The highest BCUT2D eigenvalue weighted by Gasteiger charge is 2.31. The summed E-state index contributed by atoms with van der Waals surface area (Å²) in [4.78, 5) is 4.21. The highest BCUT2D eigenvalue weighted by Crippen LogP contribution is 2.31. The average Bonchev–Trinajstić information content (AvgIpc) is 3.02. The number of benzene rings is 1. The van der Waals surface area contributed by atoms with Crippen LogP contribution in [-0.2, 0) is 6.42 Å². The third kappa shape index (κ3) is 2.11. The Balaban J connectivity index is 1.62. The van der Waals surface area contributed by atoms with Crippen molar-refractivity contribution in [3.05, 3.63) is 58.3 Å². The molecule has 4 rings (SSSR count). The van der Waals surface area contributed by atoms with Crippen LogP contribution in [0.25, 0.3) is 5.65 Å². The zero-order valence-electron chi connectivity index (χ0n) is 11.1. The molecule has 0 saturated heterocycles. The summed E-state index contributed by atoms with van der Waals surface area (Å²) >= 11 is 3.41. The smallest absolute Gasteiger partial charge is 0.232 e. The molecule has 2 N–H and O–H groups in total. The number of nitrogens with zero attached hydrogens (tertiary/aromatic N) is 3. The number of nitrogens with two attached hydrogens (primary N) is 1. The number of hydrogen-bond donors (Lipinski definition) is 1. The predicted molar refractivity (Wildman–Crippen MR) is 82.2 cm³/mol. The molecule has 0 bridgehead atoms. The molecule has 3 aromatic rings. The van der Waals surface area contributed by atoms with Crippen molar-refractivity contribution < 1.29 is 4.74 Å². The summed E-state index contributed by atoms with van der Waals surface area (Å²) in [6.45, 7) is 0. The molecule has 21 heavy (non-hydrogen) atoms. The van der Waals surface area contributed by atoms with Gasteiger partial charge in [-0.25, -0.2) is 9.50 Å². The first kappa shape index (κ1) is 12.8. The van der Waals surface area contributed by atoms with Crippen molar-refractivity contribution >= 4 is 21.6 Å². The molecule has 1 aromatic carbocycles. The van der Waals surface area contributed by atoms with Gasteiger partial charge in [0.15, 0.2) is 5.65 Å². The van der Waals surface area contributed by atoms with Gasteiger partial charge in [0, 0.05) is 12.5 Å². The van der Waals surface area contributed by atoms with Gasteiger partial charge in [-0.1, -0.05) is 24.3 Å². The fraction of sp³-hybridized carbons (Fsp3) is 0.200. The van der Waals surface area contributed by atoms with Crippen molar-refractivity contribution in [2.24, 2.45) is 5.73 Å². The third-order valence-corrected chi connectivity index (χ3v) is 4.34. The molecule has 0 amide bonds. The summed E-state index contributed by atoms with van der Waals surface area (Å²) in [6.07, 6.45) is 2.43. The monoisotopic (exact) mass is 344 g/mol. The zero-order chi connectivity index (χ0) is 14.4. The molecule has 0 radical (unpaired) electrons. The highest BCUT2D eigenvalue weighted by atomic mass is 79.9. The molecule has 106 valence electrons. The Hall–Kier alpha value is -1.92. The van der Waals surface area contributed by atoms with Gasteiger partial charge in [0.2, 0.25) is 5.88 Å². The quantitative estimate of drug-likeness (QED) is 0.775. The molecule has 0 fully saturated rings. The van der Waals surface area contributed by atoms with E-state index in [2.05, 4.69) is 38.1 Å². The molecule has 0 spiro atoms. The van der Waals surface area contributed by atoms with Gasteiger partial charge in [0.05, 0.1) is 12.2 Å². The van der Waals surface area contributed by atoms with Crippen LogP contribution >= 0.6 is 15.9 Å². The fourth-order valence-electron chi connectivity index (χ4n) is 2.75. The molecule has 2 aromatic heterocycles. The summed E-state index contributed by atoms with van der Waals surface area (Å²) in [7, 11) is 0. The lowest BCUT2D eigenvalue weighted by Crippen LogP contribution is -2.28. The minimum atomic E-state index is -0.120. The van der Waals surface area contributed by atoms with Crippen molar-refractivity contribution in [1.29, 1.82) is 0 Å². The number of aromatic nitrogens is 3. The van der Waals surface area contributed by atoms with Gasteiger partial charge in [0.25, 0.3) is 0 Å². The first-order valence-corrected chi connectivity index (χ1v) is 7.52. The maximum Gasteiger partial charge on any atom is 0.232 e. The van der Waals surface area contributed by atoms with E-state index >= 15 is 0 Å². The summed E-state index contributed by atoms with van der Waals surface area (Å²) in [6, 6.07) is 11.8. The Kier molecular flexibility index (Phi) is 2.94. The molecule has 0 aliphatic heterocycles. The largest absolute Gasteiger partial charge is 0.471 e. The number of imidazole rings is 1. The van der Waals surface area contributed by atoms with E-state index in [1.54, 1.807) is 10.7 Å². The Labute approximate surface area is 129 Å². The highest BCUT2D eigenvalue weighted by molar-refractivity contribution is 9.10. The van der Waals surface area contributed by atoms with Crippen molar-refractivity contribution in [3.63, 3.8) is 0 Å². The average molecular weight is 345 g/mol. The van der Waals surface area contributed by atoms with Crippen LogP contribution in [0, 0.1) is 0 Å². The molecular weight excluding hydrogens is 332 g/mol. The van der Waals surface area contributed by atoms with Crippen LogP contribution < -0.4 is 10.5 Å². The second kappa shape index (κ2) is 4.82. The second-order valence-corrected chi connectivity index (χ2v) is 5.92. The topological polar surface area (TPSA) is 65.4 Å². The maximum atomic E-state index is 6.28. The lowest BCUT2D eigenvalue weighted by Gasteiger charge is -2.17. The predicted octanol–water partition coefficient (Wildman–Crippen LogP) is 2.50. The van der Waals surface area contributed by atoms with Crippen LogP contribution in [0.3, 0.4) is 0 Å². The lowest BCUT2D eigenvalue weighted by atomic mass is 10.1. The van der Waals surface area contributed by atoms with Gasteiger partial charge in [-0.2, -0.15) is 0 Å². The van der Waals surface area contributed by atoms with Crippen LogP contribution in [-0.4, -0.2) is 20.7 Å². The van der Waals surface area contributed by atoms with Gasteiger partial charge in [0.1, 0.15) is 10.7 Å². The maximum absolute atomic E-state index is 6.28. The molecule has 2 unspecified atom stereocenters. The number of fused-ring (bicyclic) bond motifs is 2. The van der Waals surface area contributed by atoms with Crippen LogP contribution in [0.4, 0.5) is 0 Å². The third-order valence-electron chi connectivity index (χ3n) is 3.80. The number of rotatable bonds is 2. The molecule has 0 saturated carbocycles. The summed E-state index contributed by atoms with van der Waals surface area (Å²) in [5.41, 5.74) is 9.46. The van der Waals surface area contributed by atoms with Crippen LogP contribution in [0.15, 0.2) is 47.2 Å². The Morgan fingerprint density at radius 2 is 2.10 bits per heavy atom. The van der Waals surface area contributed by atoms with Crippen molar-refractivity contribution in [2.45, 2.75) is 18.6 Å². The fourth-order valence-corrected chi connectivity index (χ4v) is 3.11. The normalized spacial score (nSPS) is 20.7. The van der Waals surface area contributed by atoms with E-state index in [1.165, 1.54) is 5.56 Å². The lowest BCUT2D eigenvalue weighted by molar-refractivity contribution is 0.175.